The molecule has 166 valence electrons. The molecule has 1 aliphatic heterocycles. The first kappa shape index (κ1) is 22.0. The lowest BCUT2D eigenvalue weighted by Gasteiger charge is -2.29. The van der Waals surface area contributed by atoms with Crippen LogP contribution in [0.4, 0.5) is 5.69 Å². The first-order valence-corrected chi connectivity index (χ1v) is 11.1. The van der Waals surface area contributed by atoms with Gasteiger partial charge < -0.3 is 14.4 Å². The van der Waals surface area contributed by atoms with E-state index in [-0.39, 0.29) is 0 Å². The maximum atomic E-state index is 6.00. The van der Waals surface area contributed by atoms with E-state index in [4.69, 9.17) is 9.47 Å². The third kappa shape index (κ3) is 6.14. The molecule has 0 amide bonds. The fourth-order valence-corrected chi connectivity index (χ4v) is 3.61. The van der Waals surface area contributed by atoms with Crippen molar-refractivity contribution in [3.8, 4) is 5.88 Å². The lowest BCUT2D eigenvalue weighted by atomic mass is 10.1. The first-order valence-electron chi connectivity index (χ1n) is 11.1. The number of pyridine rings is 2. The molecule has 0 spiro atoms. The van der Waals surface area contributed by atoms with Crippen LogP contribution in [0.25, 0.3) is 0 Å². The molecule has 1 aliphatic rings. The van der Waals surface area contributed by atoms with Gasteiger partial charge in [-0.2, -0.15) is 0 Å². The minimum Gasteiger partial charge on any atom is -0.477 e. The number of rotatable bonds is 8. The van der Waals surface area contributed by atoms with E-state index in [1.807, 2.05) is 30.5 Å². The van der Waals surface area contributed by atoms with Crippen LogP contribution >= 0.6 is 0 Å². The molecule has 1 saturated heterocycles. The van der Waals surface area contributed by atoms with Gasteiger partial charge in [0.2, 0.25) is 5.88 Å². The van der Waals surface area contributed by atoms with Crippen LogP contribution in [-0.2, 0) is 17.7 Å². The van der Waals surface area contributed by atoms with Gasteiger partial charge in [-0.15, -0.1) is 0 Å². The number of anilines is 1. The van der Waals surface area contributed by atoms with E-state index < -0.39 is 0 Å². The SMILES string of the molecule is Cc1ccc(CN=Cc2cc(N3CCOCC3)cc(OCCc3ccccn3)n2)cc1C. The molecule has 32 heavy (non-hydrogen) atoms. The minimum atomic E-state index is 0.524. The van der Waals surface area contributed by atoms with E-state index in [9.17, 15) is 0 Å². The quantitative estimate of drug-likeness (QED) is 0.502. The predicted octanol–water partition coefficient (Wildman–Crippen LogP) is 4.17. The summed E-state index contributed by atoms with van der Waals surface area (Å²) in [6.07, 6.45) is 4.38. The van der Waals surface area contributed by atoms with E-state index in [0.717, 1.165) is 49.8 Å². The molecule has 4 rings (SSSR count). The van der Waals surface area contributed by atoms with Crippen molar-refractivity contribution in [3.05, 3.63) is 82.8 Å². The Morgan fingerprint density at radius 3 is 2.72 bits per heavy atom. The van der Waals surface area contributed by atoms with Crippen molar-refractivity contribution in [1.82, 2.24) is 9.97 Å². The standard InChI is InChI=1S/C26H30N4O2/c1-20-6-7-22(15-21(20)2)18-27-19-24-16-25(30-10-13-31-14-11-30)17-26(29-24)32-12-8-23-5-3-4-9-28-23/h3-7,9,15-17,19H,8,10-14,18H2,1-2H3. The van der Waals surface area contributed by atoms with Gasteiger partial charge in [0.05, 0.1) is 32.1 Å². The number of hydrogen-bond donors (Lipinski definition) is 0. The second-order valence-corrected chi connectivity index (χ2v) is 8.00. The third-order valence-electron chi connectivity index (χ3n) is 5.59. The monoisotopic (exact) mass is 430 g/mol. The summed E-state index contributed by atoms with van der Waals surface area (Å²) in [4.78, 5) is 16.0. The summed E-state index contributed by atoms with van der Waals surface area (Å²) in [5.41, 5.74) is 6.67. The van der Waals surface area contributed by atoms with Gasteiger partial charge in [0.25, 0.3) is 0 Å². The Hall–Kier alpha value is -3.25. The summed E-state index contributed by atoms with van der Waals surface area (Å²) in [6, 6.07) is 16.5. The Labute approximate surface area is 190 Å². The minimum absolute atomic E-state index is 0.524. The number of aromatic nitrogens is 2. The largest absolute Gasteiger partial charge is 0.477 e. The summed E-state index contributed by atoms with van der Waals surface area (Å²) in [5, 5.41) is 0. The second-order valence-electron chi connectivity index (χ2n) is 8.00. The lowest BCUT2D eigenvalue weighted by Crippen LogP contribution is -2.36. The molecule has 0 atom stereocenters. The van der Waals surface area contributed by atoms with Crippen molar-refractivity contribution in [2.24, 2.45) is 4.99 Å². The summed E-state index contributed by atoms with van der Waals surface area (Å²) >= 11 is 0. The Kier molecular flexibility index (Phi) is 7.46. The van der Waals surface area contributed by atoms with Crippen LogP contribution in [0.1, 0.15) is 28.1 Å². The van der Waals surface area contributed by atoms with Crippen molar-refractivity contribution >= 4 is 11.9 Å². The number of ether oxygens (including phenoxy) is 2. The molecule has 0 radical (unpaired) electrons. The van der Waals surface area contributed by atoms with Crippen molar-refractivity contribution in [1.29, 1.82) is 0 Å². The molecular formula is C26H30N4O2. The molecule has 2 aromatic heterocycles. The number of aliphatic imine (C=N–C) groups is 1. The molecule has 0 saturated carbocycles. The Morgan fingerprint density at radius 1 is 1.06 bits per heavy atom. The highest BCUT2D eigenvalue weighted by Crippen LogP contribution is 2.22. The molecule has 0 aliphatic carbocycles. The van der Waals surface area contributed by atoms with E-state index in [0.29, 0.717) is 19.0 Å². The molecule has 1 fully saturated rings. The number of hydrogen-bond acceptors (Lipinski definition) is 6. The van der Waals surface area contributed by atoms with E-state index in [1.54, 1.807) is 6.20 Å². The molecule has 3 heterocycles. The fourth-order valence-electron chi connectivity index (χ4n) is 3.61. The Bertz CT molecular complexity index is 1050. The second kappa shape index (κ2) is 10.9. The van der Waals surface area contributed by atoms with Gasteiger partial charge in [-0.05, 0) is 48.7 Å². The molecule has 0 N–H and O–H groups in total. The van der Waals surface area contributed by atoms with Crippen LogP contribution in [-0.4, -0.2) is 49.1 Å². The number of nitrogens with zero attached hydrogens (tertiary/aromatic N) is 4. The molecule has 0 bridgehead atoms. The van der Waals surface area contributed by atoms with Crippen LogP contribution in [0.5, 0.6) is 5.88 Å². The average Bonchev–Trinajstić information content (AvgIpc) is 2.83. The first-order chi connectivity index (χ1) is 15.7. The molecule has 6 heteroatoms. The molecular weight excluding hydrogens is 400 g/mol. The number of benzene rings is 1. The summed E-state index contributed by atoms with van der Waals surface area (Å²) in [7, 11) is 0. The maximum absolute atomic E-state index is 6.00. The topological polar surface area (TPSA) is 59.8 Å². The van der Waals surface area contributed by atoms with E-state index in [2.05, 4.69) is 58.0 Å². The van der Waals surface area contributed by atoms with Crippen molar-refractivity contribution in [3.63, 3.8) is 0 Å². The van der Waals surface area contributed by atoms with Crippen LogP contribution in [0.3, 0.4) is 0 Å². The Balaban J connectivity index is 1.47. The van der Waals surface area contributed by atoms with Gasteiger partial charge in [0.15, 0.2) is 0 Å². The summed E-state index contributed by atoms with van der Waals surface area (Å²) in [6.45, 7) is 8.58. The van der Waals surface area contributed by atoms with Crippen molar-refractivity contribution in [2.75, 3.05) is 37.8 Å². The summed E-state index contributed by atoms with van der Waals surface area (Å²) in [5.74, 6) is 0.609. The van der Waals surface area contributed by atoms with E-state index >= 15 is 0 Å². The zero-order valence-electron chi connectivity index (χ0n) is 18.8. The highest BCUT2D eigenvalue weighted by Gasteiger charge is 2.14. The number of morpholine rings is 1. The highest BCUT2D eigenvalue weighted by molar-refractivity contribution is 5.79. The van der Waals surface area contributed by atoms with Crippen molar-refractivity contribution < 1.29 is 9.47 Å². The van der Waals surface area contributed by atoms with Gasteiger partial charge in [-0.25, -0.2) is 4.98 Å². The van der Waals surface area contributed by atoms with Crippen LogP contribution < -0.4 is 9.64 Å². The van der Waals surface area contributed by atoms with Gasteiger partial charge in [0, 0.05) is 49.4 Å². The molecule has 0 unspecified atom stereocenters. The lowest BCUT2D eigenvalue weighted by molar-refractivity contribution is 0.122. The van der Waals surface area contributed by atoms with Crippen LogP contribution in [0.15, 0.2) is 59.7 Å². The maximum Gasteiger partial charge on any atom is 0.215 e. The van der Waals surface area contributed by atoms with Gasteiger partial charge in [0.1, 0.15) is 0 Å². The predicted molar refractivity (Wildman–Crippen MR) is 128 cm³/mol. The number of aryl methyl sites for hydroxylation is 2. The average molecular weight is 431 g/mol. The smallest absolute Gasteiger partial charge is 0.215 e. The molecule has 3 aromatic rings. The Morgan fingerprint density at radius 2 is 1.94 bits per heavy atom. The molecule has 6 nitrogen and oxygen atoms in total. The van der Waals surface area contributed by atoms with Gasteiger partial charge >= 0.3 is 0 Å². The fraction of sp³-hybridized carbons (Fsp3) is 0.346. The normalized spacial score (nSPS) is 14.1. The van der Waals surface area contributed by atoms with Crippen molar-refractivity contribution in [2.45, 2.75) is 26.8 Å². The molecule has 1 aromatic carbocycles. The highest BCUT2D eigenvalue weighted by atomic mass is 16.5. The summed E-state index contributed by atoms with van der Waals surface area (Å²) < 4.78 is 11.5. The van der Waals surface area contributed by atoms with Crippen LogP contribution in [0.2, 0.25) is 0 Å². The van der Waals surface area contributed by atoms with Gasteiger partial charge in [-0.3, -0.25) is 9.98 Å². The zero-order valence-corrected chi connectivity index (χ0v) is 18.8. The zero-order chi connectivity index (χ0) is 22.2. The third-order valence-corrected chi connectivity index (χ3v) is 5.59. The van der Waals surface area contributed by atoms with E-state index in [1.165, 1.54) is 16.7 Å². The van der Waals surface area contributed by atoms with Gasteiger partial charge in [-0.1, -0.05) is 24.3 Å². The van der Waals surface area contributed by atoms with Crippen LogP contribution in [0, 0.1) is 13.8 Å².